The Morgan fingerprint density at radius 1 is 0.769 bits per heavy atom. The molecule has 0 heterocycles. The molecule has 0 aromatic heterocycles. The van der Waals surface area contributed by atoms with E-state index in [2.05, 4.69) is 38.3 Å². The first kappa shape index (κ1) is 23.9. The Morgan fingerprint density at radius 3 is 1.15 bits per heavy atom. The van der Waals surface area contributed by atoms with Gasteiger partial charge in [-0.15, -0.1) is 0 Å². The second kappa shape index (κ2) is 15.9. The molecular formula is C8H20Br2CuN2. The van der Waals surface area contributed by atoms with Crippen LogP contribution in [0.25, 0.3) is 0 Å². The molecule has 0 saturated carbocycles. The summed E-state index contributed by atoms with van der Waals surface area (Å²) in [6.07, 6.45) is 0. The molecule has 0 atom stereocenters. The minimum Gasteiger partial charge on any atom is -1.00 e. The van der Waals surface area contributed by atoms with Crippen molar-refractivity contribution in [2.45, 2.75) is 39.8 Å². The number of nitrogens with one attached hydrogen (secondary N) is 2. The summed E-state index contributed by atoms with van der Waals surface area (Å²) in [6.45, 7) is 10.8. The number of hydrogen-bond donors (Lipinski definition) is 2. The van der Waals surface area contributed by atoms with Gasteiger partial charge >= 0.3 is 17.1 Å². The molecule has 2 nitrogen and oxygen atoms in total. The first-order valence-electron chi connectivity index (χ1n) is 4.09. The largest absolute Gasteiger partial charge is 2.00 e. The zero-order valence-corrected chi connectivity index (χ0v) is 12.7. The molecule has 0 aromatic carbocycles. The van der Waals surface area contributed by atoms with Gasteiger partial charge in [-0.1, -0.05) is 27.7 Å². The van der Waals surface area contributed by atoms with E-state index >= 15 is 0 Å². The summed E-state index contributed by atoms with van der Waals surface area (Å²) in [7, 11) is 0. The van der Waals surface area contributed by atoms with Crippen molar-refractivity contribution in [2.24, 2.45) is 0 Å². The van der Waals surface area contributed by atoms with Crippen molar-refractivity contribution >= 4 is 0 Å². The zero-order chi connectivity index (χ0) is 7.98. The number of halogens is 2. The maximum absolute atomic E-state index is 3.34. The zero-order valence-electron chi connectivity index (χ0n) is 8.63. The van der Waals surface area contributed by atoms with E-state index in [0.717, 1.165) is 13.1 Å². The molecule has 0 unspecified atom stereocenters. The molecule has 0 rings (SSSR count). The van der Waals surface area contributed by atoms with Crippen LogP contribution in [0, 0.1) is 0 Å². The second-order valence-electron chi connectivity index (χ2n) is 3.22. The molecule has 0 aliphatic heterocycles. The smallest absolute Gasteiger partial charge is 1.00 e. The van der Waals surface area contributed by atoms with Gasteiger partial charge in [0.05, 0.1) is 0 Å². The van der Waals surface area contributed by atoms with Crippen LogP contribution in [0.1, 0.15) is 27.7 Å². The van der Waals surface area contributed by atoms with Crippen LogP contribution in [0.15, 0.2) is 0 Å². The molecule has 0 aromatic rings. The van der Waals surface area contributed by atoms with Gasteiger partial charge < -0.3 is 44.6 Å². The minimum absolute atomic E-state index is 0. The monoisotopic (exact) mass is 365 g/mol. The Balaban J connectivity index is -0.000000135. The van der Waals surface area contributed by atoms with Crippen LogP contribution in [0.3, 0.4) is 0 Å². The van der Waals surface area contributed by atoms with Gasteiger partial charge in [0, 0.05) is 25.2 Å². The second-order valence-corrected chi connectivity index (χ2v) is 3.22. The summed E-state index contributed by atoms with van der Waals surface area (Å²) in [4.78, 5) is 0. The van der Waals surface area contributed by atoms with E-state index in [0.29, 0.717) is 12.1 Å². The van der Waals surface area contributed by atoms with Crippen LogP contribution in [0.2, 0.25) is 0 Å². The van der Waals surface area contributed by atoms with E-state index in [1.54, 1.807) is 0 Å². The van der Waals surface area contributed by atoms with Crippen molar-refractivity contribution in [3.05, 3.63) is 0 Å². The van der Waals surface area contributed by atoms with Crippen LogP contribution in [0.5, 0.6) is 0 Å². The van der Waals surface area contributed by atoms with Gasteiger partial charge in [-0.2, -0.15) is 0 Å². The van der Waals surface area contributed by atoms with Crippen molar-refractivity contribution in [1.82, 2.24) is 10.6 Å². The molecule has 0 saturated heterocycles. The predicted octanol–water partition coefficient (Wildman–Crippen LogP) is -5.01. The molecule has 5 heteroatoms. The van der Waals surface area contributed by atoms with Gasteiger partial charge in [-0.05, 0) is 0 Å². The van der Waals surface area contributed by atoms with E-state index in [-0.39, 0.29) is 51.0 Å². The van der Waals surface area contributed by atoms with E-state index in [1.807, 2.05) is 0 Å². The first-order valence-corrected chi connectivity index (χ1v) is 4.09. The van der Waals surface area contributed by atoms with E-state index in [1.165, 1.54) is 0 Å². The Bertz CT molecular complexity index is 72.5. The summed E-state index contributed by atoms with van der Waals surface area (Å²) >= 11 is 0. The molecule has 0 fully saturated rings. The number of hydrogen-bond acceptors (Lipinski definition) is 2. The Labute approximate surface area is 114 Å². The van der Waals surface area contributed by atoms with Crippen LogP contribution < -0.4 is 44.6 Å². The third-order valence-electron chi connectivity index (χ3n) is 1.23. The topological polar surface area (TPSA) is 24.1 Å². The maximum Gasteiger partial charge on any atom is 2.00 e. The SMILES string of the molecule is CC(C)NCCNC(C)C.[Br-].[Br-].[Cu+2]. The summed E-state index contributed by atoms with van der Waals surface area (Å²) < 4.78 is 0. The predicted molar refractivity (Wildman–Crippen MR) is 46.3 cm³/mol. The van der Waals surface area contributed by atoms with Gasteiger partial charge in [0.2, 0.25) is 0 Å². The summed E-state index contributed by atoms with van der Waals surface area (Å²) in [5.74, 6) is 0. The third kappa shape index (κ3) is 24.7. The molecule has 0 amide bonds. The van der Waals surface area contributed by atoms with Crippen LogP contribution in [0.4, 0.5) is 0 Å². The molecule has 0 aliphatic rings. The molecule has 0 aliphatic carbocycles. The molecule has 0 spiro atoms. The van der Waals surface area contributed by atoms with Gasteiger partial charge in [-0.25, -0.2) is 0 Å². The average Bonchev–Trinajstić information content (AvgIpc) is 1.79. The normalized spacial score (nSPS) is 8.77. The Morgan fingerprint density at radius 2 is 1.00 bits per heavy atom. The van der Waals surface area contributed by atoms with E-state index in [4.69, 9.17) is 0 Å². The maximum atomic E-state index is 3.34. The fourth-order valence-electron chi connectivity index (χ4n) is 0.722. The van der Waals surface area contributed by atoms with Gasteiger partial charge in [0.1, 0.15) is 0 Å². The van der Waals surface area contributed by atoms with Crippen molar-refractivity contribution < 1.29 is 51.0 Å². The molecule has 0 bridgehead atoms. The van der Waals surface area contributed by atoms with Crippen molar-refractivity contribution in [2.75, 3.05) is 13.1 Å². The van der Waals surface area contributed by atoms with Crippen molar-refractivity contribution in [1.29, 1.82) is 0 Å². The molecule has 87 valence electrons. The third-order valence-corrected chi connectivity index (χ3v) is 1.23. The minimum atomic E-state index is 0. The van der Waals surface area contributed by atoms with Crippen LogP contribution in [-0.2, 0) is 17.1 Å². The molecule has 1 radical (unpaired) electrons. The Kier molecular flexibility index (Phi) is 29.2. The van der Waals surface area contributed by atoms with Crippen molar-refractivity contribution in [3.8, 4) is 0 Å². The fourth-order valence-corrected chi connectivity index (χ4v) is 0.722. The quantitative estimate of drug-likeness (QED) is 0.376. The molecule has 13 heavy (non-hydrogen) atoms. The summed E-state index contributed by atoms with van der Waals surface area (Å²) in [5, 5.41) is 6.68. The first-order chi connectivity index (χ1) is 4.63. The van der Waals surface area contributed by atoms with Crippen molar-refractivity contribution in [3.63, 3.8) is 0 Å². The van der Waals surface area contributed by atoms with Gasteiger partial charge in [0.25, 0.3) is 0 Å². The van der Waals surface area contributed by atoms with E-state index < -0.39 is 0 Å². The van der Waals surface area contributed by atoms with Gasteiger partial charge in [-0.3, -0.25) is 0 Å². The summed E-state index contributed by atoms with van der Waals surface area (Å²) in [5.41, 5.74) is 0. The summed E-state index contributed by atoms with van der Waals surface area (Å²) in [6, 6.07) is 1.21. The standard InChI is InChI=1S/C8H20N2.2BrH.Cu/c1-7(2)9-5-6-10-8(3)4;;;/h7-10H,5-6H2,1-4H3;2*1H;/q;;;+2/p-2. The van der Waals surface area contributed by atoms with Gasteiger partial charge in [0.15, 0.2) is 0 Å². The van der Waals surface area contributed by atoms with E-state index in [9.17, 15) is 0 Å². The average molecular weight is 368 g/mol. The molecule has 2 N–H and O–H groups in total. The fraction of sp³-hybridized carbons (Fsp3) is 1.00. The number of rotatable bonds is 5. The van der Waals surface area contributed by atoms with Crippen LogP contribution in [-0.4, -0.2) is 25.2 Å². The Hall–Kier alpha value is 1.40. The van der Waals surface area contributed by atoms with Crippen LogP contribution >= 0.6 is 0 Å². The molecular weight excluding hydrogens is 347 g/mol.